The van der Waals surface area contributed by atoms with Crippen molar-refractivity contribution < 1.29 is 37.8 Å². The monoisotopic (exact) mass is 570 g/mol. The SMILES string of the molecule is O=S(=O)(Oc1ccc(O)cc1)C1CC2OC1C(c1ccc(/C=C/c3cc(O)cc(O)c3)cc1)=C2c1ccc(O)cc1. The maximum atomic E-state index is 13.4. The topological polar surface area (TPSA) is 134 Å². The Bertz CT molecular complexity index is 1740. The fraction of sp³-hybridized carbons (Fsp3) is 0.125. The van der Waals surface area contributed by atoms with Crippen molar-refractivity contribution in [1.29, 1.82) is 0 Å². The Hall–Kier alpha value is -4.73. The van der Waals surface area contributed by atoms with Gasteiger partial charge in [0.15, 0.2) is 0 Å². The van der Waals surface area contributed by atoms with Gasteiger partial charge < -0.3 is 29.3 Å². The lowest BCUT2D eigenvalue weighted by Gasteiger charge is -2.24. The van der Waals surface area contributed by atoms with Gasteiger partial charge in [-0.25, -0.2) is 0 Å². The molecule has 1 saturated heterocycles. The molecule has 0 spiro atoms. The molecule has 0 aromatic heterocycles. The molecular formula is C32H26O8S. The first kappa shape index (κ1) is 26.5. The molecule has 4 N–H and O–H groups in total. The molecule has 8 nitrogen and oxygen atoms in total. The number of fused-ring (bicyclic) bond motifs is 2. The van der Waals surface area contributed by atoms with Crippen LogP contribution in [0.2, 0.25) is 0 Å². The van der Waals surface area contributed by atoms with Crippen LogP contribution in [0.5, 0.6) is 28.7 Å². The molecular weight excluding hydrogens is 544 g/mol. The summed E-state index contributed by atoms with van der Waals surface area (Å²) in [5.41, 5.74) is 4.71. The Labute approximate surface area is 236 Å². The van der Waals surface area contributed by atoms with Gasteiger partial charge in [-0.3, -0.25) is 0 Å². The van der Waals surface area contributed by atoms with Gasteiger partial charge in [0.2, 0.25) is 0 Å². The molecule has 0 amide bonds. The number of benzene rings is 4. The second-order valence-corrected chi connectivity index (χ2v) is 11.8. The van der Waals surface area contributed by atoms with Crippen LogP contribution >= 0.6 is 0 Å². The third-order valence-corrected chi connectivity index (χ3v) is 8.81. The van der Waals surface area contributed by atoms with Gasteiger partial charge in [0.1, 0.15) is 40.1 Å². The van der Waals surface area contributed by atoms with E-state index in [2.05, 4.69) is 0 Å². The molecule has 41 heavy (non-hydrogen) atoms. The van der Waals surface area contributed by atoms with Crippen LogP contribution in [0.15, 0.2) is 91.0 Å². The van der Waals surface area contributed by atoms with Crippen molar-refractivity contribution >= 4 is 33.4 Å². The van der Waals surface area contributed by atoms with Crippen molar-refractivity contribution in [2.24, 2.45) is 0 Å². The second-order valence-electron chi connectivity index (χ2n) is 10.0. The molecule has 0 radical (unpaired) electrons. The molecule has 9 heteroatoms. The molecule has 1 fully saturated rings. The first-order valence-electron chi connectivity index (χ1n) is 12.9. The summed E-state index contributed by atoms with van der Waals surface area (Å²) in [5, 5.41) is 37.8. The first-order chi connectivity index (χ1) is 19.7. The van der Waals surface area contributed by atoms with Gasteiger partial charge in [-0.2, -0.15) is 8.42 Å². The van der Waals surface area contributed by atoms with Crippen LogP contribution in [-0.2, 0) is 14.9 Å². The Morgan fingerprint density at radius 1 is 0.659 bits per heavy atom. The largest absolute Gasteiger partial charge is 0.508 e. The van der Waals surface area contributed by atoms with Crippen LogP contribution in [0, 0.1) is 0 Å². The first-order valence-corrected chi connectivity index (χ1v) is 14.4. The van der Waals surface area contributed by atoms with Crippen molar-refractivity contribution in [3.8, 4) is 28.7 Å². The molecule has 2 heterocycles. The summed E-state index contributed by atoms with van der Waals surface area (Å²) >= 11 is 0. The van der Waals surface area contributed by atoms with E-state index in [1.165, 1.54) is 42.5 Å². The Morgan fingerprint density at radius 2 is 1.20 bits per heavy atom. The lowest BCUT2D eigenvalue weighted by molar-refractivity contribution is 0.128. The minimum Gasteiger partial charge on any atom is -0.508 e. The van der Waals surface area contributed by atoms with Gasteiger partial charge in [-0.15, -0.1) is 0 Å². The van der Waals surface area contributed by atoms with E-state index in [1.807, 2.05) is 30.3 Å². The number of ether oxygens (including phenoxy) is 1. The third kappa shape index (κ3) is 5.37. The highest BCUT2D eigenvalue weighted by Crippen LogP contribution is 2.51. The minimum absolute atomic E-state index is 0.000110. The molecule has 0 aliphatic carbocycles. The lowest BCUT2D eigenvalue weighted by atomic mass is 9.83. The predicted molar refractivity (Wildman–Crippen MR) is 155 cm³/mol. The van der Waals surface area contributed by atoms with Crippen LogP contribution in [0.25, 0.3) is 23.3 Å². The summed E-state index contributed by atoms with van der Waals surface area (Å²) in [7, 11) is -4.10. The van der Waals surface area contributed by atoms with Gasteiger partial charge in [0.25, 0.3) is 0 Å². The average Bonchev–Trinajstić information content (AvgIpc) is 3.54. The molecule has 4 aromatic rings. The second kappa shape index (κ2) is 10.3. The lowest BCUT2D eigenvalue weighted by Crippen LogP contribution is -2.35. The van der Waals surface area contributed by atoms with E-state index in [9.17, 15) is 28.8 Å². The van der Waals surface area contributed by atoms with E-state index in [0.717, 1.165) is 27.8 Å². The average molecular weight is 571 g/mol. The standard InChI is InChI=1S/C32H26O8S/c33-23-9-7-21(8-10-23)30-28-18-29(41(37,38)40-27-13-11-24(34)12-14-27)32(39-28)31(30)22-5-3-19(4-6-22)1-2-20-15-25(35)17-26(36)16-20/h1-17,28-29,32-36H,18H2/b2-1+. The van der Waals surface area contributed by atoms with Gasteiger partial charge in [0, 0.05) is 12.5 Å². The number of phenols is 4. The molecule has 2 bridgehead atoms. The van der Waals surface area contributed by atoms with Gasteiger partial charge in [-0.05, 0) is 81.9 Å². The zero-order valence-corrected chi connectivity index (χ0v) is 22.4. The van der Waals surface area contributed by atoms with Crippen molar-refractivity contribution in [2.45, 2.75) is 23.9 Å². The number of hydrogen-bond donors (Lipinski definition) is 4. The van der Waals surface area contributed by atoms with E-state index in [4.69, 9.17) is 8.92 Å². The van der Waals surface area contributed by atoms with Crippen molar-refractivity contribution in [2.75, 3.05) is 0 Å². The summed E-state index contributed by atoms with van der Waals surface area (Å²) in [6, 6.07) is 24.1. The highest BCUT2D eigenvalue weighted by molar-refractivity contribution is 7.87. The Morgan fingerprint density at radius 3 is 1.83 bits per heavy atom. The van der Waals surface area contributed by atoms with E-state index in [-0.39, 0.29) is 35.2 Å². The summed E-state index contributed by atoms with van der Waals surface area (Å²) < 4.78 is 38.5. The van der Waals surface area contributed by atoms with Gasteiger partial charge in [0.05, 0.1) is 6.10 Å². The molecule has 2 aliphatic heterocycles. The fourth-order valence-electron chi connectivity index (χ4n) is 5.37. The predicted octanol–water partition coefficient (Wildman–Crippen LogP) is 5.54. The van der Waals surface area contributed by atoms with Crippen LogP contribution in [0.3, 0.4) is 0 Å². The Kier molecular flexibility index (Phi) is 6.69. The quantitative estimate of drug-likeness (QED) is 0.168. The zero-order valence-electron chi connectivity index (χ0n) is 21.6. The molecule has 6 rings (SSSR count). The van der Waals surface area contributed by atoms with Crippen LogP contribution < -0.4 is 4.18 Å². The van der Waals surface area contributed by atoms with Crippen LogP contribution in [0.1, 0.15) is 28.7 Å². The summed E-state index contributed by atoms with van der Waals surface area (Å²) in [6.07, 6.45) is 2.55. The molecule has 3 atom stereocenters. The van der Waals surface area contributed by atoms with Gasteiger partial charge >= 0.3 is 10.1 Å². The van der Waals surface area contributed by atoms with Gasteiger partial charge in [-0.1, -0.05) is 48.6 Å². The highest BCUT2D eigenvalue weighted by Gasteiger charge is 2.53. The van der Waals surface area contributed by atoms with E-state index < -0.39 is 27.6 Å². The third-order valence-electron chi connectivity index (χ3n) is 7.20. The zero-order chi connectivity index (χ0) is 28.7. The van der Waals surface area contributed by atoms with Crippen molar-refractivity contribution in [3.63, 3.8) is 0 Å². The molecule has 2 aliphatic rings. The smallest absolute Gasteiger partial charge is 0.315 e. The highest BCUT2D eigenvalue weighted by atomic mass is 32.2. The number of phenolic OH excluding ortho intramolecular Hbond substituents is 4. The Balaban J connectivity index is 1.34. The summed E-state index contributed by atoms with van der Waals surface area (Å²) in [4.78, 5) is 0. The van der Waals surface area contributed by atoms with Crippen molar-refractivity contribution in [1.82, 2.24) is 0 Å². The molecule has 3 unspecified atom stereocenters. The maximum absolute atomic E-state index is 13.4. The number of hydrogen-bond acceptors (Lipinski definition) is 8. The summed E-state index contributed by atoms with van der Waals surface area (Å²) in [5.74, 6) is 0.151. The van der Waals surface area contributed by atoms with E-state index >= 15 is 0 Å². The van der Waals surface area contributed by atoms with Crippen molar-refractivity contribution in [3.05, 3.63) is 113 Å². The molecule has 0 saturated carbocycles. The number of rotatable bonds is 7. The van der Waals surface area contributed by atoms with E-state index in [1.54, 1.807) is 30.3 Å². The number of aromatic hydroxyl groups is 4. The van der Waals surface area contributed by atoms with Crippen LogP contribution in [0.4, 0.5) is 0 Å². The normalized spacial score (nSPS) is 20.1. The summed E-state index contributed by atoms with van der Waals surface area (Å²) in [6.45, 7) is 0. The van der Waals surface area contributed by atoms with Crippen LogP contribution in [-0.4, -0.2) is 46.3 Å². The fourth-order valence-corrected chi connectivity index (χ4v) is 6.79. The van der Waals surface area contributed by atoms with E-state index in [0.29, 0.717) is 5.56 Å². The maximum Gasteiger partial charge on any atom is 0.315 e. The minimum atomic E-state index is -4.10. The molecule has 208 valence electrons. The molecule has 4 aromatic carbocycles.